The molecule has 1 N–H and O–H groups in total. The Morgan fingerprint density at radius 2 is 1.77 bits per heavy atom. The van der Waals surface area contributed by atoms with E-state index in [4.69, 9.17) is 4.74 Å². The highest BCUT2D eigenvalue weighted by atomic mass is 32.2. The zero-order valence-electron chi connectivity index (χ0n) is 15.3. The Bertz CT molecular complexity index is 858. The number of aryl methyl sites for hydroxylation is 1. The number of aliphatic hydroxyl groups is 1. The van der Waals surface area contributed by atoms with Gasteiger partial charge in [0.1, 0.15) is 5.75 Å². The van der Waals surface area contributed by atoms with Crippen LogP contribution in [-0.2, 0) is 16.4 Å². The molecule has 3 rings (SSSR count). The van der Waals surface area contributed by atoms with E-state index in [9.17, 15) is 13.5 Å². The normalized spacial score (nSPS) is 23.9. The lowest BCUT2D eigenvalue weighted by molar-refractivity contribution is 0.0751. The summed E-state index contributed by atoms with van der Waals surface area (Å²) in [5.74, 6) is 0.760. The molecule has 0 amide bonds. The molecule has 0 radical (unpaired) electrons. The van der Waals surface area contributed by atoms with Gasteiger partial charge in [-0.2, -0.15) is 4.31 Å². The van der Waals surface area contributed by atoms with Gasteiger partial charge in [0.15, 0.2) is 0 Å². The van der Waals surface area contributed by atoms with E-state index in [1.54, 1.807) is 38.3 Å². The molecule has 1 saturated heterocycles. The van der Waals surface area contributed by atoms with Crippen molar-refractivity contribution in [3.05, 3.63) is 59.7 Å². The summed E-state index contributed by atoms with van der Waals surface area (Å²) in [4.78, 5) is 0.264. The van der Waals surface area contributed by atoms with Crippen molar-refractivity contribution in [2.45, 2.75) is 43.2 Å². The van der Waals surface area contributed by atoms with Crippen molar-refractivity contribution in [1.82, 2.24) is 4.31 Å². The summed E-state index contributed by atoms with van der Waals surface area (Å²) in [6.07, 6.45) is 0.954. The van der Waals surface area contributed by atoms with E-state index in [2.05, 4.69) is 0 Å². The average molecular weight is 375 g/mol. The van der Waals surface area contributed by atoms with E-state index in [1.807, 2.05) is 31.2 Å². The van der Waals surface area contributed by atoms with Crippen LogP contribution in [0.1, 0.15) is 24.5 Å². The predicted molar refractivity (Wildman–Crippen MR) is 101 cm³/mol. The molecule has 1 aliphatic rings. The van der Waals surface area contributed by atoms with Crippen molar-refractivity contribution < 1.29 is 18.3 Å². The molecule has 0 aromatic heterocycles. The largest absolute Gasteiger partial charge is 0.497 e. The Morgan fingerprint density at radius 3 is 2.35 bits per heavy atom. The molecule has 0 unspecified atom stereocenters. The molecule has 1 aliphatic heterocycles. The van der Waals surface area contributed by atoms with E-state index in [0.29, 0.717) is 12.8 Å². The van der Waals surface area contributed by atoms with Crippen LogP contribution >= 0.6 is 0 Å². The highest BCUT2D eigenvalue weighted by Gasteiger charge is 2.45. The van der Waals surface area contributed by atoms with Gasteiger partial charge in [0, 0.05) is 12.6 Å². The van der Waals surface area contributed by atoms with Gasteiger partial charge in [-0.05, 0) is 56.5 Å². The Labute approximate surface area is 155 Å². The molecule has 140 valence electrons. The van der Waals surface area contributed by atoms with E-state index >= 15 is 0 Å². The standard InChI is InChI=1S/C20H25NO4S/c1-15-4-10-19(11-5-15)26(23,24)21-14-20(2,22)13-17(21)12-16-6-8-18(25-3)9-7-16/h4-11,17,22H,12-14H2,1-3H3/t17-,20+/m0/s1. The zero-order chi connectivity index (χ0) is 18.9. The minimum absolute atomic E-state index is 0.101. The van der Waals surface area contributed by atoms with Gasteiger partial charge in [-0.3, -0.25) is 0 Å². The van der Waals surface area contributed by atoms with Crippen LogP contribution in [0.3, 0.4) is 0 Å². The molecule has 2 atom stereocenters. The lowest BCUT2D eigenvalue weighted by Crippen LogP contribution is -2.38. The van der Waals surface area contributed by atoms with Gasteiger partial charge in [-0.25, -0.2) is 8.42 Å². The number of benzene rings is 2. The smallest absolute Gasteiger partial charge is 0.243 e. The Balaban J connectivity index is 1.88. The molecular formula is C20H25NO4S. The fraction of sp³-hybridized carbons (Fsp3) is 0.400. The third-order valence-corrected chi connectivity index (χ3v) is 6.75. The first-order valence-electron chi connectivity index (χ1n) is 8.65. The van der Waals surface area contributed by atoms with Gasteiger partial charge in [0.05, 0.1) is 17.6 Å². The first-order valence-corrected chi connectivity index (χ1v) is 10.1. The molecule has 1 heterocycles. The van der Waals surface area contributed by atoms with Crippen LogP contribution in [-0.4, -0.2) is 43.1 Å². The SMILES string of the molecule is COc1ccc(C[C@H]2C[C@@](C)(O)CN2S(=O)(=O)c2ccc(C)cc2)cc1. The molecule has 2 aromatic carbocycles. The molecule has 0 saturated carbocycles. The number of β-amino-alcohol motifs (C(OH)–C–C–N with tert-alkyl or cyclic N) is 1. The fourth-order valence-corrected chi connectivity index (χ4v) is 5.21. The topological polar surface area (TPSA) is 66.8 Å². The summed E-state index contributed by atoms with van der Waals surface area (Å²) in [5, 5.41) is 10.5. The molecule has 0 bridgehead atoms. The van der Waals surface area contributed by atoms with E-state index in [-0.39, 0.29) is 17.5 Å². The van der Waals surface area contributed by atoms with Gasteiger partial charge in [-0.15, -0.1) is 0 Å². The molecule has 1 fully saturated rings. The molecular weight excluding hydrogens is 350 g/mol. The van der Waals surface area contributed by atoms with Crippen molar-refractivity contribution in [1.29, 1.82) is 0 Å². The average Bonchev–Trinajstić information content (AvgIpc) is 2.91. The first-order chi connectivity index (χ1) is 12.2. The van der Waals surface area contributed by atoms with Crippen LogP contribution < -0.4 is 4.74 Å². The second kappa shape index (κ2) is 7.02. The van der Waals surface area contributed by atoms with E-state index < -0.39 is 15.6 Å². The van der Waals surface area contributed by atoms with Crippen LogP contribution in [0.15, 0.2) is 53.4 Å². The van der Waals surface area contributed by atoms with Gasteiger partial charge >= 0.3 is 0 Å². The summed E-state index contributed by atoms with van der Waals surface area (Å²) < 4.78 is 32.9. The van der Waals surface area contributed by atoms with Crippen molar-refractivity contribution in [2.24, 2.45) is 0 Å². The summed E-state index contributed by atoms with van der Waals surface area (Å²) in [7, 11) is -2.05. The Kier molecular flexibility index (Phi) is 5.10. The second-order valence-electron chi connectivity index (χ2n) is 7.27. The first kappa shape index (κ1) is 18.9. The van der Waals surface area contributed by atoms with Crippen LogP contribution in [0.2, 0.25) is 0 Å². The lowest BCUT2D eigenvalue weighted by Gasteiger charge is -2.24. The maximum Gasteiger partial charge on any atom is 0.243 e. The summed E-state index contributed by atoms with van der Waals surface area (Å²) in [6.45, 7) is 3.71. The predicted octanol–water partition coefficient (Wildman–Crippen LogP) is 2.76. The lowest BCUT2D eigenvalue weighted by atomic mass is 9.98. The van der Waals surface area contributed by atoms with Crippen LogP contribution in [0, 0.1) is 6.92 Å². The summed E-state index contributed by atoms with van der Waals surface area (Å²) in [5.41, 5.74) is 0.985. The number of hydrogen-bond acceptors (Lipinski definition) is 4. The van der Waals surface area contributed by atoms with Crippen molar-refractivity contribution in [2.75, 3.05) is 13.7 Å². The number of sulfonamides is 1. The number of nitrogens with zero attached hydrogens (tertiary/aromatic N) is 1. The van der Waals surface area contributed by atoms with Gasteiger partial charge in [0.25, 0.3) is 0 Å². The number of ether oxygens (including phenoxy) is 1. The monoisotopic (exact) mass is 375 g/mol. The maximum absolute atomic E-state index is 13.1. The quantitative estimate of drug-likeness (QED) is 0.873. The zero-order valence-corrected chi connectivity index (χ0v) is 16.2. The second-order valence-corrected chi connectivity index (χ2v) is 9.16. The minimum Gasteiger partial charge on any atom is -0.497 e. The van der Waals surface area contributed by atoms with Crippen molar-refractivity contribution in [3.8, 4) is 5.75 Å². The van der Waals surface area contributed by atoms with Gasteiger partial charge < -0.3 is 9.84 Å². The Morgan fingerprint density at radius 1 is 1.15 bits per heavy atom. The van der Waals surface area contributed by atoms with E-state index in [0.717, 1.165) is 16.9 Å². The van der Waals surface area contributed by atoms with Crippen LogP contribution in [0.5, 0.6) is 5.75 Å². The summed E-state index contributed by atoms with van der Waals surface area (Å²) >= 11 is 0. The van der Waals surface area contributed by atoms with Gasteiger partial charge in [-0.1, -0.05) is 29.8 Å². The third kappa shape index (κ3) is 3.92. The van der Waals surface area contributed by atoms with E-state index in [1.165, 1.54) is 4.31 Å². The molecule has 0 aliphatic carbocycles. The molecule has 0 spiro atoms. The molecule has 26 heavy (non-hydrogen) atoms. The summed E-state index contributed by atoms with van der Waals surface area (Å²) in [6, 6.07) is 14.1. The Hall–Kier alpha value is -1.89. The van der Waals surface area contributed by atoms with Crippen molar-refractivity contribution in [3.63, 3.8) is 0 Å². The highest BCUT2D eigenvalue weighted by Crippen LogP contribution is 2.34. The minimum atomic E-state index is -3.66. The highest BCUT2D eigenvalue weighted by molar-refractivity contribution is 7.89. The number of hydrogen-bond donors (Lipinski definition) is 1. The van der Waals surface area contributed by atoms with Crippen molar-refractivity contribution >= 4 is 10.0 Å². The molecule has 6 heteroatoms. The van der Waals surface area contributed by atoms with Crippen LogP contribution in [0.25, 0.3) is 0 Å². The van der Waals surface area contributed by atoms with Crippen LogP contribution in [0.4, 0.5) is 0 Å². The van der Waals surface area contributed by atoms with Gasteiger partial charge in [0.2, 0.25) is 10.0 Å². The molecule has 5 nitrogen and oxygen atoms in total. The maximum atomic E-state index is 13.1. The number of rotatable bonds is 5. The number of methoxy groups -OCH3 is 1. The third-order valence-electron chi connectivity index (χ3n) is 4.84. The molecule has 2 aromatic rings. The fourth-order valence-electron chi connectivity index (χ4n) is 3.47.